The molecular formula is C10H16N2O4S. The van der Waals surface area contributed by atoms with E-state index in [1.807, 2.05) is 0 Å². The number of benzene rings is 1. The van der Waals surface area contributed by atoms with E-state index in [2.05, 4.69) is 4.72 Å². The van der Waals surface area contributed by atoms with Gasteiger partial charge in [-0.1, -0.05) is 0 Å². The van der Waals surface area contributed by atoms with Crippen LogP contribution in [-0.2, 0) is 10.0 Å². The van der Waals surface area contributed by atoms with Crippen molar-refractivity contribution in [2.24, 2.45) is 0 Å². The Bertz CT molecular complexity index is 467. The lowest BCUT2D eigenvalue weighted by atomic mass is 10.2. The Balaban J connectivity index is 2.89. The average Bonchev–Trinajstić information content (AvgIpc) is 2.24. The molecular weight excluding hydrogens is 244 g/mol. The number of nitrogens with one attached hydrogen (secondary N) is 1. The lowest BCUT2D eigenvalue weighted by molar-refractivity contribution is 0.0988. The number of hydrogen-bond donors (Lipinski definition) is 4. The van der Waals surface area contributed by atoms with Gasteiger partial charge in [0.2, 0.25) is 10.0 Å². The first-order valence-corrected chi connectivity index (χ1v) is 6.49. The molecule has 0 fully saturated rings. The molecule has 7 heteroatoms. The Morgan fingerprint density at radius 3 is 2.59 bits per heavy atom. The van der Waals surface area contributed by atoms with Crippen LogP contribution in [-0.4, -0.2) is 37.9 Å². The number of sulfonamides is 1. The molecule has 17 heavy (non-hydrogen) atoms. The highest BCUT2D eigenvalue weighted by atomic mass is 32.2. The van der Waals surface area contributed by atoms with Gasteiger partial charge in [0.15, 0.2) is 0 Å². The number of anilines is 1. The van der Waals surface area contributed by atoms with Crippen LogP contribution >= 0.6 is 0 Å². The highest BCUT2D eigenvalue weighted by molar-refractivity contribution is 7.89. The molecule has 1 aromatic rings. The van der Waals surface area contributed by atoms with E-state index < -0.39 is 22.7 Å². The van der Waals surface area contributed by atoms with Gasteiger partial charge in [0.05, 0.1) is 17.6 Å². The molecule has 0 aliphatic rings. The maximum atomic E-state index is 11.8. The number of nitrogens with two attached hydrogens (primary N) is 1. The third-order valence-electron chi connectivity index (χ3n) is 2.10. The monoisotopic (exact) mass is 260 g/mol. The first-order chi connectivity index (χ1) is 7.85. The molecule has 0 aromatic heterocycles. The van der Waals surface area contributed by atoms with Gasteiger partial charge in [-0.15, -0.1) is 0 Å². The van der Waals surface area contributed by atoms with Crippen LogP contribution in [0.25, 0.3) is 0 Å². The Hall–Kier alpha value is -1.15. The summed E-state index contributed by atoms with van der Waals surface area (Å²) in [5, 5.41) is 17.7. The highest BCUT2D eigenvalue weighted by Crippen LogP contribution is 2.15. The Labute approximate surface area is 100 Å². The molecule has 0 aliphatic carbocycles. The van der Waals surface area contributed by atoms with Crippen molar-refractivity contribution in [1.29, 1.82) is 0 Å². The van der Waals surface area contributed by atoms with Crippen LogP contribution in [0.5, 0.6) is 0 Å². The maximum Gasteiger partial charge on any atom is 0.240 e. The Morgan fingerprint density at radius 2 is 2.06 bits per heavy atom. The second-order valence-electron chi connectivity index (χ2n) is 3.77. The van der Waals surface area contributed by atoms with Crippen LogP contribution in [0.2, 0.25) is 0 Å². The highest BCUT2D eigenvalue weighted by Gasteiger charge is 2.16. The molecule has 1 rings (SSSR count). The average molecular weight is 260 g/mol. The number of aliphatic hydroxyl groups is 2. The van der Waals surface area contributed by atoms with Crippen LogP contribution in [0.3, 0.4) is 0 Å². The van der Waals surface area contributed by atoms with E-state index in [1.54, 1.807) is 13.0 Å². The first-order valence-electron chi connectivity index (χ1n) is 5.01. The topological polar surface area (TPSA) is 113 Å². The molecule has 0 saturated heterocycles. The van der Waals surface area contributed by atoms with Crippen molar-refractivity contribution in [3.05, 3.63) is 23.8 Å². The minimum Gasteiger partial charge on any atom is -0.399 e. The predicted molar refractivity (Wildman–Crippen MR) is 63.9 cm³/mol. The van der Waals surface area contributed by atoms with Gasteiger partial charge < -0.3 is 15.9 Å². The zero-order chi connectivity index (χ0) is 13.1. The number of rotatable bonds is 5. The van der Waals surface area contributed by atoms with E-state index >= 15 is 0 Å². The Morgan fingerprint density at radius 1 is 1.41 bits per heavy atom. The molecule has 1 unspecified atom stereocenters. The fourth-order valence-corrected chi connectivity index (χ4v) is 2.50. The standard InChI is InChI=1S/C10H16N2O4S/c1-7-2-8(11)4-10(3-7)17(15,16)12-5-9(14)6-13/h2-4,9,12-14H,5-6,11H2,1H3. The van der Waals surface area contributed by atoms with Crippen LogP contribution < -0.4 is 10.5 Å². The summed E-state index contributed by atoms with van der Waals surface area (Å²) in [6.45, 7) is 0.989. The van der Waals surface area contributed by atoms with Crippen molar-refractivity contribution in [3.8, 4) is 0 Å². The van der Waals surface area contributed by atoms with Gasteiger partial charge in [-0.3, -0.25) is 0 Å². The summed E-state index contributed by atoms with van der Waals surface area (Å²) in [4.78, 5) is 0.0418. The van der Waals surface area contributed by atoms with Gasteiger partial charge >= 0.3 is 0 Å². The summed E-state index contributed by atoms with van der Waals surface area (Å²) < 4.78 is 25.8. The fourth-order valence-electron chi connectivity index (χ4n) is 1.29. The summed E-state index contributed by atoms with van der Waals surface area (Å²) in [6.07, 6.45) is -1.12. The first kappa shape index (κ1) is 13.9. The van der Waals surface area contributed by atoms with Crippen molar-refractivity contribution < 1.29 is 18.6 Å². The smallest absolute Gasteiger partial charge is 0.240 e. The zero-order valence-electron chi connectivity index (χ0n) is 9.42. The summed E-state index contributed by atoms with van der Waals surface area (Å²) >= 11 is 0. The van der Waals surface area contributed by atoms with E-state index in [1.165, 1.54) is 12.1 Å². The molecule has 0 amide bonds. The van der Waals surface area contributed by atoms with Crippen molar-refractivity contribution in [2.75, 3.05) is 18.9 Å². The molecule has 0 spiro atoms. The second kappa shape index (κ2) is 5.46. The van der Waals surface area contributed by atoms with Gasteiger partial charge in [-0.05, 0) is 30.7 Å². The van der Waals surface area contributed by atoms with Crippen molar-refractivity contribution in [2.45, 2.75) is 17.9 Å². The quantitative estimate of drug-likeness (QED) is 0.518. The summed E-state index contributed by atoms with van der Waals surface area (Å²) in [6, 6.07) is 4.46. The van der Waals surface area contributed by atoms with Gasteiger partial charge in [-0.2, -0.15) is 0 Å². The van der Waals surface area contributed by atoms with E-state index in [0.717, 1.165) is 5.56 Å². The van der Waals surface area contributed by atoms with Crippen LogP contribution in [0.4, 0.5) is 5.69 Å². The predicted octanol–water partition coefficient (Wildman–Crippen LogP) is -0.791. The minimum absolute atomic E-state index is 0.0418. The van der Waals surface area contributed by atoms with E-state index in [9.17, 15) is 8.42 Å². The third-order valence-corrected chi connectivity index (χ3v) is 3.51. The molecule has 0 aliphatic heterocycles. The Kier molecular flexibility index (Phi) is 4.47. The lowest BCUT2D eigenvalue weighted by Crippen LogP contribution is -2.33. The number of nitrogen functional groups attached to an aromatic ring is 1. The van der Waals surface area contributed by atoms with Gasteiger partial charge in [0.25, 0.3) is 0 Å². The van der Waals surface area contributed by atoms with E-state index in [0.29, 0.717) is 5.69 Å². The maximum absolute atomic E-state index is 11.8. The molecule has 0 saturated carbocycles. The normalized spacial score (nSPS) is 13.6. The molecule has 6 nitrogen and oxygen atoms in total. The lowest BCUT2D eigenvalue weighted by Gasteiger charge is -2.10. The number of hydrogen-bond acceptors (Lipinski definition) is 5. The zero-order valence-corrected chi connectivity index (χ0v) is 10.2. The second-order valence-corrected chi connectivity index (χ2v) is 5.53. The van der Waals surface area contributed by atoms with E-state index in [-0.39, 0.29) is 11.4 Å². The fraction of sp³-hybridized carbons (Fsp3) is 0.400. The molecule has 0 heterocycles. The SMILES string of the molecule is Cc1cc(N)cc(S(=O)(=O)NCC(O)CO)c1. The minimum atomic E-state index is -3.71. The number of aliphatic hydroxyl groups excluding tert-OH is 2. The van der Waals surface area contributed by atoms with Crippen molar-refractivity contribution in [1.82, 2.24) is 4.72 Å². The largest absolute Gasteiger partial charge is 0.399 e. The van der Waals surface area contributed by atoms with Crippen molar-refractivity contribution >= 4 is 15.7 Å². The van der Waals surface area contributed by atoms with Gasteiger partial charge in [0.1, 0.15) is 0 Å². The van der Waals surface area contributed by atoms with Crippen molar-refractivity contribution in [3.63, 3.8) is 0 Å². The summed E-state index contributed by atoms with van der Waals surface area (Å²) in [7, 11) is -3.71. The summed E-state index contributed by atoms with van der Waals surface area (Å²) in [5.74, 6) is 0. The van der Waals surface area contributed by atoms with Crippen LogP contribution in [0.15, 0.2) is 23.1 Å². The van der Waals surface area contributed by atoms with Gasteiger partial charge in [0, 0.05) is 12.2 Å². The molecule has 5 N–H and O–H groups in total. The number of aryl methyl sites for hydroxylation is 1. The third kappa shape index (κ3) is 3.97. The molecule has 1 aromatic carbocycles. The molecule has 1 atom stereocenters. The van der Waals surface area contributed by atoms with Gasteiger partial charge in [-0.25, -0.2) is 13.1 Å². The summed E-state index contributed by atoms with van der Waals surface area (Å²) in [5.41, 5.74) is 6.64. The molecule has 96 valence electrons. The molecule has 0 radical (unpaired) electrons. The van der Waals surface area contributed by atoms with Crippen LogP contribution in [0, 0.1) is 6.92 Å². The van der Waals surface area contributed by atoms with Crippen LogP contribution in [0.1, 0.15) is 5.56 Å². The molecule has 0 bridgehead atoms. The van der Waals surface area contributed by atoms with E-state index in [4.69, 9.17) is 15.9 Å².